The molecule has 108 valence electrons. The van der Waals surface area contributed by atoms with Crippen molar-refractivity contribution in [1.82, 2.24) is 9.99 Å². The first kappa shape index (κ1) is 12.8. The summed E-state index contributed by atoms with van der Waals surface area (Å²) in [5.74, 6) is -0.184. The Hall–Kier alpha value is -2.95. The summed E-state index contributed by atoms with van der Waals surface area (Å²) in [7, 11) is 0. The van der Waals surface area contributed by atoms with Crippen molar-refractivity contribution in [3.05, 3.63) is 58.8 Å². The average Bonchev–Trinajstić information content (AvgIpc) is 2.88. The zero-order chi connectivity index (χ0) is 15.3. The molecule has 2 heterocycles. The maximum absolute atomic E-state index is 12.7. The minimum absolute atomic E-state index is 0.0181. The number of aromatic nitrogens is 1. The molecule has 4 rings (SSSR count). The lowest BCUT2D eigenvalue weighted by molar-refractivity contribution is -0.121. The van der Waals surface area contributed by atoms with Crippen LogP contribution >= 0.6 is 0 Å². The molecule has 1 aromatic heterocycles. The van der Waals surface area contributed by atoms with Crippen LogP contribution in [0, 0.1) is 0 Å². The Bertz CT molecular complexity index is 957. The highest BCUT2D eigenvalue weighted by Crippen LogP contribution is 2.26. The zero-order valence-corrected chi connectivity index (χ0v) is 11.9. The molecule has 2 aromatic carbocycles. The van der Waals surface area contributed by atoms with Gasteiger partial charge in [-0.05, 0) is 31.2 Å². The third kappa shape index (κ3) is 1.62. The Balaban J connectivity index is 2.24. The van der Waals surface area contributed by atoms with Crippen molar-refractivity contribution in [1.29, 1.82) is 0 Å². The van der Waals surface area contributed by atoms with Crippen LogP contribution in [0.15, 0.2) is 58.4 Å². The first-order chi connectivity index (χ1) is 10.7. The monoisotopic (exact) mass is 291 g/mol. The maximum atomic E-state index is 12.7. The van der Waals surface area contributed by atoms with Gasteiger partial charge in [0, 0.05) is 10.8 Å². The lowest BCUT2D eigenvalue weighted by Gasteiger charge is -2.19. The number of carbonyl (C=O) groups is 1. The van der Waals surface area contributed by atoms with Gasteiger partial charge in [-0.15, -0.1) is 0 Å². The standard InChI is InChI=1S/C17H13N3O2/c1-10-15(17(22)19-18-10)20-13-8-4-2-6-11(13)16(21)12-7-3-5-9-14(12)20/h2-9,15H,1H3,(H,19,22)/t15-/m0/s1. The van der Waals surface area contributed by atoms with E-state index in [4.69, 9.17) is 0 Å². The quantitative estimate of drug-likeness (QED) is 0.699. The van der Waals surface area contributed by atoms with Crippen LogP contribution in [0.3, 0.4) is 0 Å². The smallest absolute Gasteiger partial charge is 0.269 e. The lowest BCUT2D eigenvalue weighted by atomic mass is 10.1. The second-order valence-electron chi connectivity index (χ2n) is 5.37. The van der Waals surface area contributed by atoms with E-state index in [0.29, 0.717) is 16.5 Å². The first-order valence-electron chi connectivity index (χ1n) is 7.04. The van der Waals surface area contributed by atoms with Crippen LogP contribution in [0.25, 0.3) is 21.8 Å². The molecule has 0 radical (unpaired) electrons. The molecule has 0 saturated carbocycles. The lowest BCUT2D eigenvalue weighted by Crippen LogP contribution is -2.28. The van der Waals surface area contributed by atoms with Crippen LogP contribution in [0.4, 0.5) is 0 Å². The summed E-state index contributed by atoms with van der Waals surface area (Å²) in [5, 5.41) is 5.24. The van der Waals surface area contributed by atoms with Crippen molar-refractivity contribution in [2.24, 2.45) is 5.10 Å². The highest BCUT2D eigenvalue weighted by molar-refractivity contribution is 6.11. The molecule has 5 heteroatoms. The molecule has 0 bridgehead atoms. The third-order valence-corrected chi connectivity index (χ3v) is 4.06. The Morgan fingerprint density at radius 3 is 2.00 bits per heavy atom. The molecule has 22 heavy (non-hydrogen) atoms. The number of para-hydroxylation sites is 2. The fourth-order valence-corrected chi connectivity index (χ4v) is 3.06. The molecule has 0 aliphatic carbocycles. The van der Waals surface area contributed by atoms with Crippen molar-refractivity contribution in [3.8, 4) is 0 Å². The van der Waals surface area contributed by atoms with Gasteiger partial charge in [-0.25, -0.2) is 5.43 Å². The van der Waals surface area contributed by atoms with Crippen molar-refractivity contribution in [3.63, 3.8) is 0 Å². The summed E-state index contributed by atoms with van der Waals surface area (Å²) >= 11 is 0. The summed E-state index contributed by atoms with van der Waals surface area (Å²) in [6.45, 7) is 1.81. The second kappa shape index (κ2) is 4.53. The number of rotatable bonds is 1. The number of fused-ring (bicyclic) bond motifs is 2. The van der Waals surface area contributed by atoms with Crippen molar-refractivity contribution in [2.75, 3.05) is 0 Å². The van der Waals surface area contributed by atoms with Crippen molar-refractivity contribution < 1.29 is 4.79 Å². The normalized spacial score (nSPS) is 17.8. The molecule has 1 aliphatic rings. The number of pyridine rings is 1. The topological polar surface area (TPSA) is 63.5 Å². The Morgan fingerprint density at radius 1 is 0.955 bits per heavy atom. The Labute approximate surface area is 125 Å². The molecule has 3 aromatic rings. The van der Waals surface area contributed by atoms with Gasteiger partial charge in [0.05, 0.1) is 16.7 Å². The SMILES string of the molecule is CC1=NNC(=O)[C@H]1n1c2ccccc2c(=O)c2ccccc21. The number of benzene rings is 2. The van der Waals surface area contributed by atoms with Gasteiger partial charge < -0.3 is 4.57 Å². The van der Waals surface area contributed by atoms with E-state index in [9.17, 15) is 9.59 Å². The molecule has 0 saturated heterocycles. The predicted molar refractivity (Wildman–Crippen MR) is 86.0 cm³/mol. The number of hydrogen-bond donors (Lipinski definition) is 1. The minimum Gasteiger partial charge on any atom is -0.322 e. The second-order valence-corrected chi connectivity index (χ2v) is 5.37. The van der Waals surface area contributed by atoms with Crippen molar-refractivity contribution in [2.45, 2.75) is 13.0 Å². The van der Waals surface area contributed by atoms with Gasteiger partial charge in [-0.2, -0.15) is 5.10 Å². The van der Waals surface area contributed by atoms with E-state index in [2.05, 4.69) is 10.5 Å². The van der Waals surface area contributed by atoms with Crippen LogP contribution in [-0.4, -0.2) is 16.2 Å². The minimum atomic E-state index is -0.532. The van der Waals surface area contributed by atoms with Gasteiger partial charge in [0.1, 0.15) is 0 Å². The molecule has 0 fully saturated rings. The average molecular weight is 291 g/mol. The summed E-state index contributed by atoms with van der Waals surface area (Å²) < 4.78 is 1.90. The Morgan fingerprint density at radius 2 is 1.50 bits per heavy atom. The fraction of sp³-hybridized carbons (Fsp3) is 0.118. The molecule has 0 spiro atoms. The molecule has 1 N–H and O–H groups in total. The van der Waals surface area contributed by atoms with E-state index in [1.165, 1.54) is 0 Å². The van der Waals surface area contributed by atoms with Gasteiger partial charge in [-0.1, -0.05) is 24.3 Å². The molecular weight excluding hydrogens is 278 g/mol. The van der Waals surface area contributed by atoms with Crippen LogP contribution < -0.4 is 10.9 Å². The number of carbonyl (C=O) groups excluding carboxylic acids is 1. The van der Waals surface area contributed by atoms with Gasteiger partial charge >= 0.3 is 0 Å². The third-order valence-electron chi connectivity index (χ3n) is 4.06. The largest absolute Gasteiger partial charge is 0.322 e. The number of nitrogens with zero attached hydrogens (tertiary/aromatic N) is 2. The number of hydrazone groups is 1. The van der Waals surface area contributed by atoms with Gasteiger partial charge in [0.25, 0.3) is 5.91 Å². The van der Waals surface area contributed by atoms with Crippen LogP contribution in [0.5, 0.6) is 0 Å². The van der Waals surface area contributed by atoms with Crippen LogP contribution in [0.1, 0.15) is 13.0 Å². The molecule has 1 aliphatic heterocycles. The zero-order valence-electron chi connectivity index (χ0n) is 11.9. The highest BCUT2D eigenvalue weighted by Gasteiger charge is 2.30. The number of nitrogens with one attached hydrogen (secondary N) is 1. The molecule has 1 atom stereocenters. The van der Waals surface area contributed by atoms with Gasteiger partial charge in [0.2, 0.25) is 0 Å². The first-order valence-corrected chi connectivity index (χ1v) is 7.04. The molecule has 1 amide bonds. The summed E-state index contributed by atoms with van der Waals surface area (Å²) in [6.07, 6.45) is 0. The van der Waals surface area contributed by atoms with Crippen LogP contribution in [-0.2, 0) is 4.79 Å². The van der Waals surface area contributed by atoms with Gasteiger partial charge in [-0.3, -0.25) is 9.59 Å². The molecule has 0 unspecified atom stereocenters. The van der Waals surface area contributed by atoms with E-state index in [1.807, 2.05) is 47.9 Å². The summed E-state index contributed by atoms with van der Waals surface area (Å²) in [4.78, 5) is 24.9. The number of hydrogen-bond acceptors (Lipinski definition) is 3. The summed E-state index contributed by atoms with van der Waals surface area (Å²) in [6, 6.07) is 14.2. The maximum Gasteiger partial charge on any atom is 0.269 e. The Kier molecular flexibility index (Phi) is 2.63. The van der Waals surface area contributed by atoms with Crippen LogP contribution in [0.2, 0.25) is 0 Å². The van der Waals surface area contributed by atoms with E-state index in [-0.39, 0.29) is 11.3 Å². The van der Waals surface area contributed by atoms with E-state index >= 15 is 0 Å². The van der Waals surface area contributed by atoms with Crippen molar-refractivity contribution >= 4 is 33.4 Å². The highest BCUT2D eigenvalue weighted by atomic mass is 16.2. The summed E-state index contributed by atoms with van der Waals surface area (Å²) in [5.41, 5.74) is 4.66. The predicted octanol–water partition coefficient (Wildman–Crippen LogP) is 2.20. The fourth-order valence-electron chi connectivity index (χ4n) is 3.06. The van der Waals surface area contributed by atoms with E-state index < -0.39 is 6.04 Å². The number of amides is 1. The van der Waals surface area contributed by atoms with E-state index in [0.717, 1.165) is 11.0 Å². The van der Waals surface area contributed by atoms with Gasteiger partial charge in [0.15, 0.2) is 11.5 Å². The van der Waals surface area contributed by atoms with E-state index in [1.54, 1.807) is 12.1 Å². The molecule has 5 nitrogen and oxygen atoms in total. The molecular formula is C17H13N3O2.